The number of carbonyl (C=O) groups excluding carboxylic acids is 2. The van der Waals surface area contributed by atoms with Crippen molar-refractivity contribution < 1.29 is 14.3 Å². The SMILES string of the molecule is CCOc1ccc(N2C[C@H](CNC(=O)Nc3ccc(Cl)cc3)CC2=O)cc1. The van der Waals surface area contributed by atoms with Crippen LogP contribution in [0, 0.1) is 5.92 Å². The fourth-order valence-corrected chi connectivity index (χ4v) is 3.13. The highest BCUT2D eigenvalue weighted by Crippen LogP contribution is 2.26. The molecule has 3 rings (SSSR count). The van der Waals surface area contributed by atoms with E-state index < -0.39 is 0 Å². The molecule has 7 heteroatoms. The van der Waals surface area contributed by atoms with Gasteiger partial charge in [-0.2, -0.15) is 0 Å². The summed E-state index contributed by atoms with van der Waals surface area (Å²) in [5, 5.41) is 6.18. The highest BCUT2D eigenvalue weighted by atomic mass is 35.5. The summed E-state index contributed by atoms with van der Waals surface area (Å²) in [6.07, 6.45) is 0.411. The summed E-state index contributed by atoms with van der Waals surface area (Å²) >= 11 is 5.83. The lowest BCUT2D eigenvalue weighted by atomic mass is 10.1. The van der Waals surface area contributed by atoms with Crippen LogP contribution in [0.1, 0.15) is 13.3 Å². The molecule has 2 aromatic carbocycles. The molecule has 142 valence electrons. The lowest BCUT2D eigenvalue weighted by Crippen LogP contribution is -2.34. The van der Waals surface area contributed by atoms with Gasteiger partial charge in [-0.25, -0.2) is 4.79 Å². The number of nitrogens with one attached hydrogen (secondary N) is 2. The van der Waals surface area contributed by atoms with Gasteiger partial charge in [0.2, 0.25) is 5.91 Å². The second-order valence-corrected chi connectivity index (χ2v) is 6.78. The van der Waals surface area contributed by atoms with E-state index in [1.54, 1.807) is 29.2 Å². The number of nitrogens with zero attached hydrogens (tertiary/aromatic N) is 1. The molecular formula is C20H22ClN3O3. The maximum Gasteiger partial charge on any atom is 0.319 e. The Kier molecular flexibility index (Phi) is 6.19. The van der Waals surface area contributed by atoms with Gasteiger partial charge in [-0.15, -0.1) is 0 Å². The molecule has 1 heterocycles. The van der Waals surface area contributed by atoms with Crippen LogP contribution < -0.4 is 20.3 Å². The van der Waals surface area contributed by atoms with Crippen LogP contribution in [0.25, 0.3) is 0 Å². The molecule has 0 bridgehead atoms. The Hall–Kier alpha value is -2.73. The standard InChI is InChI=1S/C20H22ClN3O3/c1-2-27-18-9-7-17(8-10-18)24-13-14(11-19(24)25)12-22-20(26)23-16-5-3-15(21)4-6-16/h3-10,14H,2,11-13H2,1H3,(H2,22,23,26)/t14-/m0/s1. The van der Waals surface area contributed by atoms with Crippen LogP contribution in [-0.4, -0.2) is 31.6 Å². The van der Waals surface area contributed by atoms with E-state index in [2.05, 4.69) is 10.6 Å². The Bertz CT molecular complexity index is 793. The van der Waals surface area contributed by atoms with Crippen molar-refractivity contribution >= 4 is 34.9 Å². The van der Waals surface area contributed by atoms with E-state index in [1.807, 2.05) is 31.2 Å². The van der Waals surface area contributed by atoms with Crippen molar-refractivity contribution in [2.45, 2.75) is 13.3 Å². The summed E-state index contributed by atoms with van der Waals surface area (Å²) < 4.78 is 5.43. The summed E-state index contributed by atoms with van der Waals surface area (Å²) in [7, 11) is 0. The second-order valence-electron chi connectivity index (χ2n) is 6.34. The van der Waals surface area contributed by atoms with Crippen molar-refractivity contribution in [3.05, 3.63) is 53.6 Å². The van der Waals surface area contributed by atoms with Gasteiger partial charge in [-0.1, -0.05) is 11.6 Å². The molecule has 1 saturated heterocycles. The minimum absolute atomic E-state index is 0.0593. The Morgan fingerprint density at radius 3 is 2.56 bits per heavy atom. The van der Waals surface area contributed by atoms with Crippen molar-refractivity contribution in [3.63, 3.8) is 0 Å². The topological polar surface area (TPSA) is 70.7 Å². The summed E-state index contributed by atoms with van der Waals surface area (Å²) in [6.45, 7) is 3.54. The largest absolute Gasteiger partial charge is 0.494 e. The number of hydrogen-bond donors (Lipinski definition) is 2. The van der Waals surface area contributed by atoms with Gasteiger partial charge in [0.15, 0.2) is 0 Å². The van der Waals surface area contributed by atoms with E-state index in [-0.39, 0.29) is 17.9 Å². The Balaban J connectivity index is 1.50. The molecule has 1 aliphatic rings. The molecule has 0 aromatic heterocycles. The molecule has 2 aromatic rings. The number of anilines is 2. The molecular weight excluding hydrogens is 366 g/mol. The molecule has 1 aliphatic heterocycles. The van der Waals surface area contributed by atoms with Crippen LogP contribution in [0.4, 0.5) is 16.2 Å². The average molecular weight is 388 g/mol. The maximum absolute atomic E-state index is 12.3. The van der Waals surface area contributed by atoms with Crippen molar-refractivity contribution in [2.24, 2.45) is 5.92 Å². The first-order valence-corrected chi connectivity index (χ1v) is 9.26. The number of carbonyl (C=O) groups is 2. The Morgan fingerprint density at radius 2 is 1.89 bits per heavy atom. The monoisotopic (exact) mass is 387 g/mol. The van der Waals surface area contributed by atoms with Crippen molar-refractivity contribution in [1.82, 2.24) is 5.32 Å². The predicted octanol–water partition coefficient (Wildman–Crippen LogP) is 3.91. The number of halogens is 1. The summed E-state index contributed by atoms with van der Waals surface area (Å²) in [5.41, 5.74) is 1.51. The van der Waals surface area contributed by atoms with Crippen LogP contribution >= 0.6 is 11.6 Å². The summed E-state index contributed by atoms with van der Waals surface area (Å²) in [6, 6.07) is 14.1. The average Bonchev–Trinajstić information content (AvgIpc) is 3.04. The van der Waals surface area contributed by atoms with E-state index in [0.717, 1.165) is 11.4 Å². The zero-order valence-corrected chi connectivity index (χ0v) is 15.8. The third-order valence-electron chi connectivity index (χ3n) is 4.32. The van der Waals surface area contributed by atoms with Gasteiger partial charge < -0.3 is 20.3 Å². The molecule has 6 nitrogen and oxygen atoms in total. The summed E-state index contributed by atoms with van der Waals surface area (Å²) in [5.74, 6) is 0.911. The van der Waals surface area contributed by atoms with Gasteiger partial charge in [0.05, 0.1) is 6.61 Å². The molecule has 1 atom stereocenters. The smallest absolute Gasteiger partial charge is 0.319 e. The first-order chi connectivity index (χ1) is 13.0. The predicted molar refractivity (Wildman–Crippen MR) is 107 cm³/mol. The minimum atomic E-state index is -0.302. The van der Waals surface area contributed by atoms with Crippen LogP contribution in [-0.2, 0) is 4.79 Å². The molecule has 0 aliphatic carbocycles. The fraction of sp³-hybridized carbons (Fsp3) is 0.300. The van der Waals surface area contributed by atoms with Gasteiger partial charge in [0.1, 0.15) is 5.75 Å². The maximum atomic E-state index is 12.3. The van der Waals surface area contributed by atoms with Gasteiger partial charge in [0, 0.05) is 41.8 Å². The molecule has 0 saturated carbocycles. The van der Waals surface area contributed by atoms with Gasteiger partial charge in [-0.3, -0.25) is 4.79 Å². The van der Waals surface area contributed by atoms with Crippen LogP contribution in [0.3, 0.4) is 0 Å². The number of amides is 3. The normalized spacial score (nSPS) is 16.3. The zero-order valence-electron chi connectivity index (χ0n) is 15.1. The molecule has 0 spiro atoms. The quantitative estimate of drug-likeness (QED) is 0.789. The van der Waals surface area contributed by atoms with Crippen LogP contribution in [0.5, 0.6) is 5.75 Å². The van der Waals surface area contributed by atoms with Crippen molar-refractivity contribution in [3.8, 4) is 5.75 Å². The van der Waals surface area contributed by atoms with Crippen molar-refractivity contribution in [2.75, 3.05) is 29.9 Å². The van der Waals surface area contributed by atoms with Gasteiger partial charge >= 0.3 is 6.03 Å². The third kappa shape index (κ3) is 5.14. The first-order valence-electron chi connectivity index (χ1n) is 8.89. The number of rotatable bonds is 6. The number of ether oxygens (including phenoxy) is 1. The molecule has 0 unspecified atom stereocenters. The fourth-order valence-electron chi connectivity index (χ4n) is 3.00. The Morgan fingerprint density at radius 1 is 1.19 bits per heavy atom. The lowest BCUT2D eigenvalue weighted by molar-refractivity contribution is -0.117. The minimum Gasteiger partial charge on any atom is -0.494 e. The molecule has 1 fully saturated rings. The lowest BCUT2D eigenvalue weighted by Gasteiger charge is -2.17. The molecule has 0 radical (unpaired) electrons. The number of hydrogen-bond acceptors (Lipinski definition) is 3. The van der Waals surface area contributed by atoms with E-state index in [0.29, 0.717) is 36.8 Å². The van der Waals surface area contributed by atoms with Gasteiger partial charge in [-0.05, 0) is 55.5 Å². The third-order valence-corrected chi connectivity index (χ3v) is 4.57. The highest BCUT2D eigenvalue weighted by molar-refractivity contribution is 6.30. The first kappa shape index (κ1) is 19.0. The van der Waals surface area contributed by atoms with E-state index in [9.17, 15) is 9.59 Å². The summed E-state index contributed by atoms with van der Waals surface area (Å²) in [4.78, 5) is 26.1. The number of urea groups is 1. The molecule has 27 heavy (non-hydrogen) atoms. The van der Waals surface area contributed by atoms with Gasteiger partial charge in [0.25, 0.3) is 0 Å². The zero-order chi connectivity index (χ0) is 19.2. The number of benzene rings is 2. The second kappa shape index (κ2) is 8.77. The van der Waals surface area contributed by atoms with E-state index in [1.165, 1.54) is 0 Å². The van der Waals surface area contributed by atoms with Crippen LogP contribution in [0.15, 0.2) is 48.5 Å². The van der Waals surface area contributed by atoms with E-state index in [4.69, 9.17) is 16.3 Å². The molecule has 3 amide bonds. The Labute approximate surface area is 163 Å². The highest BCUT2D eigenvalue weighted by Gasteiger charge is 2.30. The van der Waals surface area contributed by atoms with Crippen molar-refractivity contribution in [1.29, 1.82) is 0 Å². The van der Waals surface area contributed by atoms with E-state index >= 15 is 0 Å². The van der Waals surface area contributed by atoms with Crippen LogP contribution in [0.2, 0.25) is 5.02 Å². The molecule has 2 N–H and O–H groups in total.